The highest BCUT2D eigenvalue weighted by molar-refractivity contribution is 6.04. The fourth-order valence-corrected chi connectivity index (χ4v) is 2.32. The minimum absolute atomic E-state index is 0.251. The summed E-state index contributed by atoms with van der Waals surface area (Å²) < 4.78 is 59.5. The third-order valence-electron chi connectivity index (χ3n) is 3.69. The zero-order valence-electron chi connectivity index (χ0n) is 13.8. The van der Waals surface area contributed by atoms with Crippen molar-refractivity contribution in [3.05, 3.63) is 58.7 Å². The van der Waals surface area contributed by atoms with Crippen molar-refractivity contribution in [1.82, 2.24) is 0 Å². The van der Waals surface area contributed by atoms with Crippen molar-refractivity contribution in [1.29, 1.82) is 0 Å². The van der Waals surface area contributed by atoms with E-state index in [-0.39, 0.29) is 5.69 Å². The number of anilines is 1. The van der Waals surface area contributed by atoms with Crippen molar-refractivity contribution < 1.29 is 27.1 Å². The zero-order valence-corrected chi connectivity index (χ0v) is 13.8. The van der Waals surface area contributed by atoms with Crippen LogP contribution in [-0.2, 0) is 6.42 Å². The molecule has 1 N–H and O–H groups in total. The number of halogens is 4. The molecule has 0 spiro atoms. The zero-order chi connectivity index (χ0) is 18.6. The van der Waals surface area contributed by atoms with Crippen LogP contribution in [0.5, 0.6) is 5.75 Å². The van der Waals surface area contributed by atoms with Gasteiger partial charge in [-0.25, -0.2) is 8.78 Å². The van der Waals surface area contributed by atoms with Gasteiger partial charge in [0, 0.05) is 5.69 Å². The third kappa shape index (κ3) is 3.92. The summed E-state index contributed by atoms with van der Waals surface area (Å²) in [4.78, 5) is 12.1. The van der Waals surface area contributed by atoms with Crippen LogP contribution >= 0.6 is 0 Å². The van der Waals surface area contributed by atoms with Gasteiger partial charge in [-0.1, -0.05) is 25.5 Å². The Morgan fingerprint density at radius 2 is 1.56 bits per heavy atom. The fourth-order valence-electron chi connectivity index (χ4n) is 2.32. The molecule has 0 aliphatic heterocycles. The number of ether oxygens (including phenoxy) is 1. The van der Waals surface area contributed by atoms with Crippen LogP contribution in [-0.4, -0.2) is 13.0 Å². The van der Waals surface area contributed by atoms with Crippen LogP contribution in [0.4, 0.5) is 23.2 Å². The number of benzene rings is 2. The summed E-state index contributed by atoms with van der Waals surface area (Å²) in [6.45, 7) is 2.06. The molecule has 2 aromatic rings. The van der Waals surface area contributed by atoms with E-state index in [0.29, 0.717) is 0 Å². The summed E-state index contributed by atoms with van der Waals surface area (Å²) in [5.41, 5.74) is -0.0507. The highest BCUT2D eigenvalue weighted by atomic mass is 19.2. The van der Waals surface area contributed by atoms with Crippen molar-refractivity contribution in [2.75, 3.05) is 12.4 Å². The van der Waals surface area contributed by atoms with Crippen molar-refractivity contribution >= 4 is 11.6 Å². The molecule has 25 heavy (non-hydrogen) atoms. The summed E-state index contributed by atoms with van der Waals surface area (Å²) in [6, 6.07) is 6.62. The molecule has 2 aromatic carbocycles. The first-order chi connectivity index (χ1) is 11.9. The van der Waals surface area contributed by atoms with Gasteiger partial charge in [0.15, 0.2) is 17.4 Å². The number of nitrogens with one attached hydrogen (secondary N) is 1. The number of unbranched alkanes of at least 4 members (excludes halogenated alkanes) is 1. The molecule has 0 radical (unpaired) electrons. The molecule has 2 rings (SSSR count). The first kappa shape index (κ1) is 18.8. The maximum absolute atomic E-state index is 13.9. The summed E-state index contributed by atoms with van der Waals surface area (Å²) in [5, 5.41) is 2.22. The van der Waals surface area contributed by atoms with Gasteiger partial charge < -0.3 is 10.1 Å². The molecule has 0 fully saturated rings. The molecule has 0 bridgehead atoms. The van der Waals surface area contributed by atoms with Gasteiger partial charge in [0.1, 0.15) is 5.56 Å². The predicted molar refractivity (Wildman–Crippen MR) is 85.8 cm³/mol. The van der Waals surface area contributed by atoms with Crippen molar-refractivity contribution in [3.8, 4) is 5.75 Å². The highest BCUT2D eigenvalue weighted by Crippen LogP contribution is 2.30. The van der Waals surface area contributed by atoms with Gasteiger partial charge in [-0.15, -0.1) is 0 Å². The average molecular weight is 355 g/mol. The first-order valence-corrected chi connectivity index (χ1v) is 7.70. The Balaban J connectivity index is 2.27. The molecule has 0 saturated heterocycles. The van der Waals surface area contributed by atoms with Gasteiger partial charge in [-0.3, -0.25) is 4.79 Å². The van der Waals surface area contributed by atoms with Gasteiger partial charge in [0.05, 0.1) is 7.11 Å². The molecule has 3 nitrogen and oxygen atoms in total. The lowest BCUT2D eigenvalue weighted by Crippen LogP contribution is -2.18. The predicted octanol–water partition coefficient (Wildman–Crippen LogP) is 4.85. The molecule has 0 saturated carbocycles. The normalized spacial score (nSPS) is 10.6. The summed E-state index contributed by atoms with van der Waals surface area (Å²) in [5.74, 6) is -9.66. The maximum Gasteiger partial charge on any atom is 0.261 e. The van der Waals surface area contributed by atoms with E-state index in [1.54, 1.807) is 24.3 Å². The van der Waals surface area contributed by atoms with E-state index in [1.165, 1.54) is 0 Å². The van der Waals surface area contributed by atoms with E-state index in [1.807, 2.05) is 0 Å². The molecule has 134 valence electrons. The van der Waals surface area contributed by atoms with Crippen molar-refractivity contribution in [3.63, 3.8) is 0 Å². The molecule has 0 aliphatic rings. The Morgan fingerprint density at radius 3 is 2.04 bits per heavy atom. The smallest absolute Gasteiger partial charge is 0.261 e. The molecule has 1 amide bonds. The van der Waals surface area contributed by atoms with Gasteiger partial charge >= 0.3 is 0 Å². The van der Waals surface area contributed by atoms with Crippen molar-refractivity contribution in [2.45, 2.75) is 26.2 Å². The standard InChI is InChI=1S/C18H17F4NO2/c1-3-4-5-10-6-8-11(9-7-10)23-18(24)12-13(19)15(21)17(25-2)16(22)14(12)20/h6-9H,3-5H2,1-2H3,(H,23,24). The second kappa shape index (κ2) is 8.00. The Morgan fingerprint density at radius 1 is 1.00 bits per heavy atom. The molecular formula is C18H17F4NO2. The van der Waals surface area contributed by atoms with E-state index in [4.69, 9.17) is 0 Å². The minimum Gasteiger partial charge on any atom is -0.491 e. The van der Waals surface area contributed by atoms with E-state index in [2.05, 4.69) is 17.0 Å². The van der Waals surface area contributed by atoms with Crippen LogP contribution in [0.15, 0.2) is 24.3 Å². The molecule has 7 heteroatoms. The molecular weight excluding hydrogens is 338 g/mol. The van der Waals surface area contributed by atoms with Gasteiger partial charge in [0.2, 0.25) is 11.6 Å². The number of amides is 1. The lowest BCUT2D eigenvalue weighted by Gasteiger charge is -2.11. The first-order valence-electron chi connectivity index (χ1n) is 7.70. The maximum atomic E-state index is 13.9. The van der Waals surface area contributed by atoms with E-state index in [0.717, 1.165) is 31.9 Å². The van der Waals surface area contributed by atoms with Crippen LogP contribution in [0, 0.1) is 23.3 Å². The number of methoxy groups -OCH3 is 1. The largest absolute Gasteiger partial charge is 0.491 e. The third-order valence-corrected chi connectivity index (χ3v) is 3.69. The highest BCUT2D eigenvalue weighted by Gasteiger charge is 2.30. The van der Waals surface area contributed by atoms with Gasteiger partial charge in [0.25, 0.3) is 5.91 Å². The van der Waals surface area contributed by atoms with Crippen LogP contribution in [0.3, 0.4) is 0 Å². The number of rotatable bonds is 6. The van der Waals surface area contributed by atoms with Crippen LogP contribution in [0.1, 0.15) is 35.7 Å². The van der Waals surface area contributed by atoms with E-state index >= 15 is 0 Å². The molecule has 0 unspecified atom stereocenters. The van der Waals surface area contributed by atoms with Crippen LogP contribution in [0.2, 0.25) is 0 Å². The summed E-state index contributed by atoms with van der Waals surface area (Å²) in [7, 11) is 0.861. The number of carbonyl (C=O) groups excluding carboxylic acids is 1. The Labute approximate surface area is 142 Å². The second-order valence-electron chi connectivity index (χ2n) is 5.42. The number of aryl methyl sites for hydroxylation is 1. The molecule has 0 aliphatic carbocycles. The van der Waals surface area contributed by atoms with E-state index < -0.39 is 40.5 Å². The lowest BCUT2D eigenvalue weighted by atomic mass is 10.1. The lowest BCUT2D eigenvalue weighted by molar-refractivity contribution is 0.101. The summed E-state index contributed by atoms with van der Waals surface area (Å²) >= 11 is 0. The second-order valence-corrected chi connectivity index (χ2v) is 5.42. The molecule has 0 atom stereocenters. The Hall–Kier alpha value is -2.57. The van der Waals surface area contributed by atoms with Crippen LogP contribution in [0.25, 0.3) is 0 Å². The Kier molecular flexibility index (Phi) is 6.01. The average Bonchev–Trinajstić information content (AvgIpc) is 2.60. The minimum atomic E-state index is -1.81. The number of carbonyl (C=O) groups is 1. The molecule has 0 aromatic heterocycles. The summed E-state index contributed by atoms with van der Waals surface area (Å²) in [6.07, 6.45) is 2.90. The van der Waals surface area contributed by atoms with Crippen LogP contribution < -0.4 is 10.1 Å². The fraction of sp³-hybridized carbons (Fsp3) is 0.278. The Bertz CT molecular complexity index is 747. The van der Waals surface area contributed by atoms with Gasteiger partial charge in [-0.05, 0) is 30.5 Å². The topological polar surface area (TPSA) is 38.3 Å². The van der Waals surface area contributed by atoms with Crippen molar-refractivity contribution in [2.24, 2.45) is 0 Å². The van der Waals surface area contributed by atoms with Gasteiger partial charge in [-0.2, -0.15) is 8.78 Å². The number of hydrogen-bond acceptors (Lipinski definition) is 2. The monoisotopic (exact) mass is 355 g/mol. The SMILES string of the molecule is CCCCc1ccc(NC(=O)c2c(F)c(F)c(OC)c(F)c2F)cc1. The number of hydrogen-bond donors (Lipinski definition) is 1. The molecule has 0 heterocycles. The van der Waals surface area contributed by atoms with E-state index in [9.17, 15) is 22.4 Å². The quantitative estimate of drug-likeness (QED) is 0.594.